The molecule has 2 N–H and O–H groups in total. The first kappa shape index (κ1) is 14.6. The molecule has 0 spiro atoms. The van der Waals surface area contributed by atoms with E-state index < -0.39 is 0 Å². The Bertz CT molecular complexity index is 666. The van der Waals surface area contributed by atoms with Crippen molar-refractivity contribution in [2.24, 2.45) is 0 Å². The van der Waals surface area contributed by atoms with E-state index in [0.717, 1.165) is 25.1 Å². The molecule has 0 radical (unpaired) electrons. The summed E-state index contributed by atoms with van der Waals surface area (Å²) in [7, 11) is 0. The van der Waals surface area contributed by atoms with E-state index in [0.29, 0.717) is 12.1 Å². The van der Waals surface area contributed by atoms with Gasteiger partial charge in [-0.25, -0.2) is 0 Å². The number of anilines is 1. The molecule has 3 rings (SSSR count). The number of aromatic nitrogens is 1. The lowest BCUT2D eigenvalue weighted by Gasteiger charge is -2.26. The van der Waals surface area contributed by atoms with Gasteiger partial charge in [-0.05, 0) is 43.0 Å². The van der Waals surface area contributed by atoms with Crippen LogP contribution in [0.1, 0.15) is 35.7 Å². The summed E-state index contributed by atoms with van der Waals surface area (Å²) < 4.78 is 0. The van der Waals surface area contributed by atoms with Crippen molar-refractivity contribution < 1.29 is 4.79 Å². The third-order valence-corrected chi connectivity index (χ3v) is 4.30. The molecule has 114 valence electrons. The first-order valence-corrected chi connectivity index (χ1v) is 7.70. The molecular formula is C18H21N3O. The van der Waals surface area contributed by atoms with Crippen LogP contribution < -0.4 is 5.73 Å². The standard InChI is InChI=1S/C18H21N3O/c1-13-5-2-3-6-16(13)17-7-4-10-21(17)18(22)11-15-9-8-14(19)12-20-15/h2-3,5-6,8-9,12,17H,4,7,10-11,19H2,1H3. The molecule has 1 aromatic heterocycles. The van der Waals surface area contributed by atoms with Crippen LogP contribution in [0.15, 0.2) is 42.6 Å². The van der Waals surface area contributed by atoms with Gasteiger partial charge >= 0.3 is 0 Å². The van der Waals surface area contributed by atoms with E-state index in [-0.39, 0.29) is 11.9 Å². The van der Waals surface area contributed by atoms with Crippen LogP contribution in [0.2, 0.25) is 0 Å². The van der Waals surface area contributed by atoms with E-state index in [1.165, 1.54) is 11.1 Å². The highest BCUT2D eigenvalue weighted by atomic mass is 16.2. The Kier molecular flexibility index (Phi) is 4.09. The van der Waals surface area contributed by atoms with E-state index >= 15 is 0 Å². The second kappa shape index (κ2) is 6.18. The Morgan fingerprint density at radius 3 is 2.86 bits per heavy atom. The third-order valence-electron chi connectivity index (χ3n) is 4.30. The minimum atomic E-state index is 0.142. The van der Waals surface area contributed by atoms with Crippen molar-refractivity contribution in [3.8, 4) is 0 Å². The topological polar surface area (TPSA) is 59.2 Å². The molecule has 0 bridgehead atoms. The molecule has 0 saturated carbocycles. The van der Waals surface area contributed by atoms with E-state index in [1.807, 2.05) is 23.1 Å². The van der Waals surface area contributed by atoms with Gasteiger partial charge in [0.25, 0.3) is 0 Å². The van der Waals surface area contributed by atoms with Crippen LogP contribution in [0.5, 0.6) is 0 Å². The van der Waals surface area contributed by atoms with Crippen LogP contribution in [0.3, 0.4) is 0 Å². The van der Waals surface area contributed by atoms with Gasteiger partial charge in [0.2, 0.25) is 5.91 Å². The Morgan fingerprint density at radius 1 is 1.32 bits per heavy atom. The van der Waals surface area contributed by atoms with E-state index in [1.54, 1.807) is 12.3 Å². The van der Waals surface area contributed by atoms with Crippen molar-refractivity contribution in [2.45, 2.75) is 32.2 Å². The molecule has 2 heterocycles. The minimum absolute atomic E-state index is 0.142. The number of rotatable bonds is 3. The first-order chi connectivity index (χ1) is 10.6. The fraction of sp³-hybridized carbons (Fsp3) is 0.333. The minimum Gasteiger partial charge on any atom is -0.397 e. The second-order valence-corrected chi connectivity index (χ2v) is 5.86. The zero-order valence-corrected chi connectivity index (χ0v) is 12.8. The Labute approximate surface area is 131 Å². The summed E-state index contributed by atoms with van der Waals surface area (Å²) in [5, 5.41) is 0. The number of pyridine rings is 1. The largest absolute Gasteiger partial charge is 0.397 e. The van der Waals surface area contributed by atoms with Crippen molar-refractivity contribution >= 4 is 11.6 Å². The molecule has 1 unspecified atom stereocenters. The van der Waals surface area contributed by atoms with Crippen molar-refractivity contribution in [1.29, 1.82) is 0 Å². The quantitative estimate of drug-likeness (QED) is 0.947. The van der Waals surface area contributed by atoms with Crippen molar-refractivity contribution in [3.05, 3.63) is 59.4 Å². The van der Waals surface area contributed by atoms with Crippen LogP contribution in [0, 0.1) is 6.92 Å². The summed E-state index contributed by atoms with van der Waals surface area (Å²) in [6.07, 6.45) is 4.03. The van der Waals surface area contributed by atoms with Gasteiger partial charge in [-0.15, -0.1) is 0 Å². The monoisotopic (exact) mass is 295 g/mol. The number of carbonyl (C=O) groups is 1. The molecule has 0 aliphatic carbocycles. The smallest absolute Gasteiger partial charge is 0.229 e. The highest BCUT2D eigenvalue weighted by Crippen LogP contribution is 2.33. The number of benzene rings is 1. The van der Waals surface area contributed by atoms with Crippen molar-refractivity contribution in [3.63, 3.8) is 0 Å². The number of amides is 1. The summed E-state index contributed by atoms with van der Waals surface area (Å²) in [4.78, 5) is 18.9. The third kappa shape index (κ3) is 2.96. The normalized spacial score (nSPS) is 17.7. The molecule has 1 aliphatic rings. The SMILES string of the molecule is Cc1ccccc1C1CCCN1C(=O)Cc1ccc(N)cn1. The summed E-state index contributed by atoms with van der Waals surface area (Å²) in [5.41, 5.74) is 9.54. The van der Waals surface area contributed by atoms with Crippen molar-refractivity contribution in [2.75, 3.05) is 12.3 Å². The van der Waals surface area contributed by atoms with Crippen LogP contribution >= 0.6 is 0 Å². The number of nitrogen functional groups attached to an aromatic ring is 1. The lowest BCUT2D eigenvalue weighted by atomic mass is 9.99. The summed E-state index contributed by atoms with van der Waals surface area (Å²) in [6.45, 7) is 2.94. The summed E-state index contributed by atoms with van der Waals surface area (Å²) >= 11 is 0. The number of hydrogen-bond donors (Lipinski definition) is 1. The van der Waals surface area contributed by atoms with Gasteiger partial charge in [0.05, 0.1) is 24.3 Å². The van der Waals surface area contributed by atoms with E-state index in [2.05, 4.69) is 24.0 Å². The highest BCUT2D eigenvalue weighted by Gasteiger charge is 2.30. The fourth-order valence-electron chi connectivity index (χ4n) is 3.15. The van der Waals surface area contributed by atoms with E-state index in [9.17, 15) is 4.79 Å². The maximum atomic E-state index is 12.6. The maximum absolute atomic E-state index is 12.6. The van der Waals surface area contributed by atoms with Crippen LogP contribution in [0.25, 0.3) is 0 Å². The Balaban J connectivity index is 1.76. The molecule has 4 nitrogen and oxygen atoms in total. The number of aryl methyl sites for hydroxylation is 1. The molecular weight excluding hydrogens is 274 g/mol. The predicted molar refractivity (Wildman–Crippen MR) is 87.2 cm³/mol. The lowest BCUT2D eigenvalue weighted by Crippen LogP contribution is -2.32. The zero-order valence-electron chi connectivity index (χ0n) is 12.8. The molecule has 1 aliphatic heterocycles. The number of carbonyl (C=O) groups excluding carboxylic acids is 1. The number of nitrogens with zero attached hydrogens (tertiary/aromatic N) is 2. The Hall–Kier alpha value is -2.36. The molecule has 1 fully saturated rings. The molecule has 22 heavy (non-hydrogen) atoms. The Morgan fingerprint density at radius 2 is 2.14 bits per heavy atom. The molecule has 1 amide bonds. The van der Waals surface area contributed by atoms with Gasteiger partial charge in [0.1, 0.15) is 0 Å². The first-order valence-electron chi connectivity index (χ1n) is 7.70. The second-order valence-electron chi connectivity index (χ2n) is 5.86. The average Bonchev–Trinajstić information content (AvgIpc) is 2.99. The number of nitrogens with two attached hydrogens (primary N) is 1. The average molecular weight is 295 g/mol. The number of likely N-dealkylation sites (tertiary alicyclic amines) is 1. The van der Waals surface area contributed by atoms with Gasteiger partial charge in [0.15, 0.2) is 0 Å². The fourth-order valence-corrected chi connectivity index (χ4v) is 3.15. The van der Waals surface area contributed by atoms with Gasteiger partial charge < -0.3 is 10.6 Å². The number of hydrogen-bond acceptors (Lipinski definition) is 3. The lowest BCUT2D eigenvalue weighted by molar-refractivity contribution is -0.131. The predicted octanol–water partition coefficient (Wildman–Crippen LogP) is 2.88. The van der Waals surface area contributed by atoms with Gasteiger partial charge in [-0.3, -0.25) is 9.78 Å². The maximum Gasteiger partial charge on any atom is 0.229 e. The molecule has 2 aromatic rings. The van der Waals surface area contributed by atoms with Crippen molar-refractivity contribution in [1.82, 2.24) is 9.88 Å². The molecule has 4 heteroatoms. The molecule has 1 saturated heterocycles. The summed E-state index contributed by atoms with van der Waals surface area (Å²) in [5.74, 6) is 0.142. The highest BCUT2D eigenvalue weighted by molar-refractivity contribution is 5.79. The van der Waals surface area contributed by atoms with Gasteiger partial charge in [0, 0.05) is 12.2 Å². The summed E-state index contributed by atoms with van der Waals surface area (Å²) in [6, 6.07) is 12.1. The van der Waals surface area contributed by atoms with Crippen LogP contribution in [0.4, 0.5) is 5.69 Å². The molecule has 1 aromatic carbocycles. The van der Waals surface area contributed by atoms with Gasteiger partial charge in [-0.1, -0.05) is 24.3 Å². The van der Waals surface area contributed by atoms with Gasteiger partial charge in [-0.2, -0.15) is 0 Å². The zero-order chi connectivity index (χ0) is 15.5. The molecule has 1 atom stereocenters. The van der Waals surface area contributed by atoms with Crippen LogP contribution in [-0.4, -0.2) is 22.3 Å². The van der Waals surface area contributed by atoms with E-state index in [4.69, 9.17) is 5.73 Å². The van der Waals surface area contributed by atoms with Crippen LogP contribution in [-0.2, 0) is 11.2 Å².